The molecule has 2 heterocycles. The minimum atomic E-state index is -0.100. The molecule has 1 aliphatic heterocycles. The fourth-order valence-corrected chi connectivity index (χ4v) is 3.88. The number of ether oxygens (including phenoxy) is 3. The van der Waals surface area contributed by atoms with Gasteiger partial charge in [-0.25, -0.2) is 0 Å². The number of unbranched alkanes of at least 4 members (excludes halogenated alkanes) is 2. The Hall–Kier alpha value is -3.55. The second-order valence-corrected chi connectivity index (χ2v) is 8.11. The fraction of sp³-hybridized carbons (Fsp3) is 0.400. The summed E-state index contributed by atoms with van der Waals surface area (Å²) in [5.41, 5.74) is 2.50. The zero-order valence-corrected chi connectivity index (χ0v) is 19.2. The number of methoxy groups -OCH3 is 2. The summed E-state index contributed by atoms with van der Waals surface area (Å²) >= 11 is 0. The number of amides is 1. The van der Waals surface area contributed by atoms with E-state index in [1.165, 1.54) is 0 Å². The molecule has 1 atom stereocenters. The molecule has 4 rings (SSSR count). The summed E-state index contributed by atoms with van der Waals surface area (Å²) in [5, 5.41) is 7.04. The van der Waals surface area contributed by atoms with E-state index in [2.05, 4.69) is 15.5 Å². The van der Waals surface area contributed by atoms with Crippen molar-refractivity contribution < 1.29 is 23.5 Å². The van der Waals surface area contributed by atoms with Crippen molar-refractivity contribution in [3.05, 3.63) is 53.4 Å². The zero-order chi connectivity index (χ0) is 23.2. The van der Waals surface area contributed by atoms with Crippen LogP contribution in [0, 0.1) is 0 Å². The molecule has 0 saturated carbocycles. The first kappa shape index (κ1) is 22.6. The third-order valence-electron chi connectivity index (χ3n) is 5.61. The predicted octanol–water partition coefficient (Wildman–Crippen LogP) is 4.22. The van der Waals surface area contributed by atoms with E-state index < -0.39 is 0 Å². The summed E-state index contributed by atoms with van der Waals surface area (Å²) in [4.78, 5) is 17.0. The highest BCUT2D eigenvalue weighted by Gasteiger charge is 2.25. The molecule has 0 spiro atoms. The zero-order valence-electron chi connectivity index (χ0n) is 19.2. The largest absolute Gasteiger partial charge is 0.497 e. The highest BCUT2D eigenvalue weighted by Crippen LogP contribution is 2.38. The quantitative estimate of drug-likeness (QED) is 0.461. The van der Waals surface area contributed by atoms with Gasteiger partial charge in [0.2, 0.25) is 11.7 Å². The lowest BCUT2D eigenvalue weighted by molar-refractivity contribution is 0.0952. The van der Waals surface area contributed by atoms with Crippen LogP contribution in [0.25, 0.3) is 11.4 Å². The predicted molar refractivity (Wildman–Crippen MR) is 123 cm³/mol. The number of hydrogen-bond acceptors (Lipinski definition) is 7. The van der Waals surface area contributed by atoms with Crippen molar-refractivity contribution in [1.29, 1.82) is 0 Å². The molecule has 0 aliphatic carbocycles. The number of benzene rings is 2. The van der Waals surface area contributed by atoms with E-state index in [0.717, 1.165) is 48.3 Å². The van der Waals surface area contributed by atoms with Crippen molar-refractivity contribution in [2.24, 2.45) is 0 Å². The van der Waals surface area contributed by atoms with Crippen LogP contribution in [0.5, 0.6) is 17.2 Å². The van der Waals surface area contributed by atoms with Gasteiger partial charge in [0.15, 0.2) is 11.5 Å². The third kappa shape index (κ3) is 5.45. The lowest BCUT2D eigenvalue weighted by Gasteiger charge is -2.11. The van der Waals surface area contributed by atoms with E-state index in [4.69, 9.17) is 18.7 Å². The van der Waals surface area contributed by atoms with Gasteiger partial charge >= 0.3 is 0 Å². The highest BCUT2D eigenvalue weighted by atomic mass is 16.5. The maximum absolute atomic E-state index is 12.6. The van der Waals surface area contributed by atoms with Crippen molar-refractivity contribution in [2.75, 3.05) is 20.8 Å². The maximum atomic E-state index is 12.6. The Morgan fingerprint density at radius 1 is 1.12 bits per heavy atom. The summed E-state index contributed by atoms with van der Waals surface area (Å²) in [6.07, 6.45) is 4.30. The van der Waals surface area contributed by atoms with Crippen LogP contribution in [-0.4, -0.2) is 42.9 Å². The standard InChI is InChI=1S/C25H29N3O5/c1-16-13-18-14-19(15-21(31-3)23(18)32-16)25(29)26-12-6-4-5-7-22-27-24(28-33-22)17-8-10-20(30-2)11-9-17/h8-11,14-16H,4-7,12-13H2,1-3H3,(H,26,29)/t16-/m1/s1. The summed E-state index contributed by atoms with van der Waals surface area (Å²) in [6.45, 7) is 2.61. The van der Waals surface area contributed by atoms with Gasteiger partial charge in [0.25, 0.3) is 5.91 Å². The molecule has 174 valence electrons. The maximum Gasteiger partial charge on any atom is 0.251 e. The molecule has 8 nitrogen and oxygen atoms in total. The number of aryl methyl sites for hydroxylation is 1. The summed E-state index contributed by atoms with van der Waals surface area (Å²) in [5.74, 6) is 3.23. The first-order valence-electron chi connectivity index (χ1n) is 11.2. The van der Waals surface area contributed by atoms with Gasteiger partial charge in [-0.1, -0.05) is 11.6 Å². The van der Waals surface area contributed by atoms with Gasteiger partial charge in [-0.05, 0) is 56.2 Å². The van der Waals surface area contributed by atoms with Crippen LogP contribution in [0.3, 0.4) is 0 Å². The Kier molecular flexibility index (Phi) is 7.12. The van der Waals surface area contributed by atoms with Gasteiger partial charge in [0.1, 0.15) is 11.9 Å². The third-order valence-corrected chi connectivity index (χ3v) is 5.61. The summed E-state index contributed by atoms with van der Waals surface area (Å²) in [6, 6.07) is 11.2. The molecule has 8 heteroatoms. The molecule has 0 radical (unpaired) electrons. The number of carbonyl (C=O) groups excluding carboxylic acids is 1. The number of rotatable bonds is 10. The smallest absolute Gasteiger partial charge is 0.251 e. The second-order valence-electron chi connectivity index (χ2n) is 8.11. The van der Waals surface area contributed by atoms with E-state index >= 15 is 0 Å². The van der Waals surface area contributed by atoms with Gasteiger partial charge in [0, 0.05) is 36.1 Å². The number of nitrogens with one attached hydrogen (secondary N) is 1. The minimum absolute atomic E-state index is 0.0957. The first-order chi connectivity index (χ1) is 16.1. The Labute approximate surface area is 193 Å². The molecule has 0 bridgehead atoms. The van der Waals surface area contributed by atoms with E-state index in [1.54, 1.807) is 20.3 Å². The van der Waals surface area contributed by atoms with E-state index in [-0.39, 0.29) is 12.0 Å². The normalized spacial score (nSPS) is 14.5. The Bertz CT molecular complexity index is 1090. The number of hydrogen-bond donors (Lipinski definition) is 1. The lowest BCUT2D eigenvalue weighted by atomic mass is 10.1. The van der Waals surface area contributed by atoms with Crippen LogP contribution < -0.4 is 19.5 Å². The van der Waals surface area contributed by atoms with Crippen molar-refractivity contribution in [3.63, 3.8) is 0 Å². The Morgan fingerprint density at radius 2 is 1.94 bits per heavy atom. The average Bonchev–Trinajstić information content (AvgIpc) is 3.46. The molecule has 2 aromatic carbocycles. The van der Waals surface area contributed by atoms with E-state index in [0.29, 0.717) is 36.0 Å². The van der Waals surface area contributed by atoms with Crippen molar-refractivity contribution in [2.45, 2.75) is 45.1 Å². The number of nitrogens with zero attached hydrogens (tertiary/aromatic N) is 2. The van der Waals surface area contributed by atoms with Crippen molar-refractivity contribution in [1.82, 2.24) is 15.5 Å². The van der Waals surface area contributed by atoms with Gasteiger partial charge in [0.05, 0.1) is 14.2 Å². The molecule has 1 aromatic heterocycles. The molecule has 1 aliphatic rings. The molecule has 0 fully saturated rings. The van der Waals surface area contributed by atoms with Crippen LogP contribution in [0.1, 0.15) is 48.0 Å². The first-order valence-corrected chi connectivity index (χ1v) is 11.2. The monoisotopic (exact) mass is 451 g/mol. The second kappa shape index (κ2) is 10.4. The van der Waals surface area contributed by atoms with Gasteiger partial charge in [-0.2, -0.15) is 4.98 Å². The van der Waals surface area contributed by atoms with E-state index in [9.17, 15) is 4.79 Å². The SMILES string of the molecule is COc1ccc(-c2noc(CCCCCNC(=O)c3cc4c(c(OC)c3)O[C@H](C)C4)n2)cc1. The minimum Gasteiger partial charge on any atom is -0.497 e. The average molecular weight is 452 g/mol. The van der Waals surface area contributed by atoms with Crippen LogP contribution in [0.15, 0.2) is 40.9 Å². The van der Waals surface area contributed by atoms with Gasteiger partial charge in [-0.3, -0.25) is 4.79 Å². The molecular formula is C25H29N3O5. The molecule has 0 unspecified atom stereocenters. The molecule has 1 N–H and O–H groups in total. The highest BCUT2D eigenvalue weighted by molar-refractivity contribution is 5.95. The summed E-state index contributed by atoms with van der Waals surface area (Å²) < 4.78 is 21.7. The van der Waals surface area contributed by atoms with Gasteiger partial charge in [-0.15, -0.1) is 0 Å². The van der Waals surface area contributed by atoms with Crippen molar-refractivity contribution >= 4 is 5.91 Å². The van der Waals surface area contributed by atoms with Crippen LogP contribution in [0.4, 0.5) is 0 Å². The van der Waals surface area contributed by atoms with Gasteiger partial charge < -0.3 is 24.1 Å². The molecule has 3 aromatic rings. The Morgan fingerprint density at radius 3 is 2.70 bits per heavy atom. The van der Waals surface area contributed by atoms with E-state index in [1.807, 2.05) is 37.3 Å². The van der Waals surface area contributed by atoms with Crippen molar-refractivity contribution in [3.8, 4) is 28.6 Å². The molecule has 0 saturated heterocycles. The topological polar surface area (TPSA) is 95.7 Å². The molecule has 1 amide bonds. The number of aromatic nitrogens is 2. The number of fused-ring (bicyclic) bond motifs is 1. The summed E-state index contributed by atoms with van der Waals surface area (Å²) in [7, 11) is 3.22. The molecule has 33 heavy (non-hydrogen) atoms. The fourth-order valence-electron chi connectivity index (χ4n) is 3.88. The Balaban J connectivity index is 1.19. The lowest BCUT2D eigenvalue weighted by Crippen LogP contribution is -2.24. The van der Waals surface area contributed by atoms with Crippen LogP contribution in [0.2, 0.25) is 0 Å². The van der Waals surface area contributed by atoms with Crippen LogP contribution in [-0.2, 0) is 12.8 Å². The molecular weight excluding hydrogens is 422 g/mol. The van der Waals surface area contributed by atoms with Crippen LogP contribution >= 0.6 is 0 Å². The number of carbonyl (C=O) groups is 1.